The Balaban J connectivity index is 1.33. The average Bonchev–Trinajstić information content (AvgIpc) is 3.46. The lowest BCUT2D eigenvalue weighted by Gasteiger charge is -2.14. The number of fused-ring (bicyclic) bond motifs is 5. The van der Waals surface area contributed by atoms with E-state index in [4.69, 9.17) is 21.1 Å². The molecule has 0 aromatic heterocycles. The van der Waals surface area contributed by atoms with Gasteiger partial charge in [-0.05, 0) is 53.6 Å². The number of carbonyl (C=O) groups excluding carboxylic acids is 2. The van der Waals surface area contributed by atoms with E-state index >= 15 is 0 Å². The van der Waals surface area contributed by atoms with Gasteiger partial charge >= 0.3 is 0 Å². The van der Waals surface area contributed by atoms with Crippen LogP contribution in [0.2, 0.25) is 5.02 Å². The van der Waals surface area contributed by atoms with E-state index in [2.05, 4.69) is 5.10 Å². The van der Waals surface area contributed by atoms with Crippen LogP contribution in [0.5, 0.6) is 11.5 Å². The zero-order chi connectivity index (χ0) is 22.4. The molecule has 2 aromatic carbocycles. The molecule has 2 bridgehead atoms. The first-order valence-electron chi connectivity index (χ1n) is 10.3. The van der Waals surface area contributed by atoms with Gasteiger partial charge in [-0.3, -0.25) is 9.59 Å². The third-order valence-corrected chi connectivity index (χ3v) is 6.60. The predicted octanol–water partition coefficient (Wildman–Crippen LogP) is 4.21. The number of methoxy groups -OCH3 is 1. The number of rotatable bonds is 6. The summed E-state index contributed by atoms with van der Waals surface area (Å²) in [6, 6.07) is 9.23. The van der Waals surface area contributed by atoms with E-state index in [0.29, 0.717) is 17.1 Å². The van der Waals surface area contributed by atoms with E-state index in [0.717, 1.165) is 17.0 Å². The molecule has 0 spiro atoms. The van der Waals surface area contributed by atoms with Crippen molar-refractivity contribution >= 4 is 29.6 Å². The van der Waals surface area contributed by atoms with Gasteiger partial charge in [0.15, 0.2) is 11.5 Å². The Bertz CT molecular complexity index is 1120. The standard InChI is InChI=1S/C24H20ClFN2O4/c1-31-19-9-14(8-18(25)22(19)32-12-13-2-6-17(26)7-3-13)11-27-28-23(29)20-15-4-5-16(10-15)21(20)24(28)30/h2-9,11,15-16,20-21H,10,12H2,1H3/t15-,16-,20-,21+/m0/s1. The largest absolute Gasteiger partial charge is 0.493 e. The van der Waals surface area contributed by atoms with Gasteiger partial charge in [0.2, 0.25) is 0 Å². The van der Waals surface area contributed by atoms with Crippen LogP contribution in [0.25, 0.3) is 0 Å². The molecular formula is C24H20ClFN2O4. The number of hydrazone groups is 1. The van der Waals surface area contributed by atoms with Crippen LogP contribution in [-0.2, 0) is 16.2 Å². The van der Waals surface area contributed by atoms with E-state index in [-0.39, 0.29) is 52.9 Å². The van der Waals surface area contributed by atoms with Crippen molar-refractivity contribution in [2.24, 2.45) is 28.8 Å². The Morgan fingerprint density at radius 3 is 2.41 bits per heavy atom. The number of nitrogens with zero attached hydrogens (tertiary/aromatic N) is 2. The fourth-order valence-electron chi connectivity index (χ4n) is 4.82. The Hall–Kier alpha value is -3.19. The van der Waals surface area contributed by atoms with E-state index in [1.807, 2.05) is 12.2 Å². The lowest BCUT2D eigenvalue weighted by Crippen LogP contribution is -2.28. The average molecular weight is 455 g/mol. The summed E-state index contributed by atoms with van der Waals surface area (Å²) in [5, 5.41) is 5.44. The molecule has 1 saturated heterocycles. The van der Waals surface area contributed by atoms with Crippen LogP contribution in [0.15, 0.2) is 53.7 Å². The summed E-state index contributed by atoms with van der Waals surface area (Å²) >= 11 is 6.40. The summed E-state index contributed by atoms with van der Waals surface area (Å²) in [6.45, 7) is 0.180. The molecule has 4 atom stereocenters. The Labute approximate surface area is 189 Å². The van der Waals surface area contributed by atoms with Crippen molar-refractivity contribution in [3.63, 3.8) is 0 Å². The molecule has 1 saturated carbocycles. The number of amides is 2. The zero-order valence-corrected chi connectivity index (χ0v) is 18.0. The Kier molecular flexibility index (Phi) is 5.21. The van der Waals surface area contributed by atoms with Crippen molar-refractivity contribution in [1.82, 2.24) is 5.01 Å². The smallest absolute Gasteiger partial charge is 0.254 e. The number of ether oxygens (including phenoxy) is 2. The third-order valence-electron chi connectivity index (χ3n) is 6.32. The van der Waals surface area contributed by atoms with E-state index in [1.165, 1.54) is 25.5 Å². The molecule has 1 heterocycles. The number of imide groups is 1. The van der Waals surface area contributed by atoms with Crippen molar-refractivity contribution in [1.29, 1.82) is 0 Å². The minimum absolute atomic E-state index is 0.133. The zero-order valence-electron chi connectivity index (χ0n) is 17.2. The summed E-state index contributed by atoms with van der Waals surface area (Å²) in [6.07, 6.45) is 6.37. The molecule has 2 aliphatic carbocycles. The number of hydrogen-bond acceptors (Lipinski definition) is 5. The SMILES string of the molecule is COc1cc(C=NN2C(=O)[C@@H]3[C@H](C2=O)[C@H]2C=C[C@H]3C2)cc(Cl)c1OCc1ccc(F)cc1. The van der Waals surface area contributed by atoms with Gasteiger partial charge in [0.1, 0.15) is 12.4 Å². The molecule has 2 aromatic rings. The first-order valence-corrected chi connectivity index (χ1v) is 10.7. The van der Waals surface area contributed by atoms with Gasteiger partial charge in [-0.25, -0.2) is 4.39 Å². The molecule has 2 fully saturated rings. The van der Waals surface area contributed by atoms with Crippen LogP contribution < -0.4 is 9.47 Å². The molecule has 0 unspecified atom stereocenters. The molecule has 32 heavy (non-hydrogen) atoms. The van der Waals surface area contributed by atoms with Crippen LogP contribution in [-0.4, -0.2) is 30.1 Å². The molecule has 0 N–H and O–H groups in total. The lowest BCUT2D eigenvalue weighted by atomic mass is 9.85. The highest BCUT2D eigenvalue weighted by Gasteiger charge is 2.59. The maximum Gasteiger partial charge on any atom is 0.254 e. The highest BCUT2D eigenvalue weighted by atomic mass is 35.5. The summed E-state index contributed by atoms with van der Waals surface area (Å²) in [5.41, 5.74) is 1.33. The predicted molar refractivity (Wildman–Crippen MR) is 116 cm³/mol. The molecule has 5 rings (SSSR count). The van der Waals surface area contributed by atoms with Crippen molar-refractivity contribution in [2.45, 2.75) is 13.0 Å². The van der Waals surface area contributed by atoms with Crippen molar-refractivity contribution in [2.75, 3.05) is 7.11 Å². The molecule has 3 aliphatic rings. The van der Waals surface area contributed by atoms with Crippen molar-refractivity contribution in [3.05, 3.63) is 70.5 Å². The van der Waals surface area contributed by atoms with Crippen LogP contribution >= 0.6 is 11.6 Å². The highest BCUT2D eigenvalue weighted by Crippen LogP contribution is 2.52. The number of hydrogen-bond donors (Lipinski definition) is 0. The van der Waals surface area contributed by atoms with Gasteiger partial charge in [0.05, 0.1) is 30.2 Å². The van der Waals surface area contributed by atoms with E-state index in [1.54, 1.807) is 24.3 Å². The molecular weight excluding hydrogens is 435 g/mol. The summed E-state index contributed by atoms with van der Waals surface area (Å²) < 4.78 is 24.3. The second-order valence-electron chi connectivity index (χ2n) is 8.18. The normalized spacial score (nSPS) is 25.8. The number of allylic oxidation sites excluding steroid dienone is 2. The molecule has 1 aliphatic heterocycles. The first kappa shape index (κ1) is 20.7. The second kappa shape index (κ2) is 8.06. The van der Waals surface area contributed by atoms with Gasteiger partial charge in [0, 0.05) is 0 Å². The lowest BCUT2D eigenvalue weighted by molar-refractivity contribution is -0.140. The van der Waals surface area contributed by atoms with Crippen LogP contribution in [0.1, 0.15) is 17.5 Å². The van der Waals surface area contributed by atoms with Gasteiger partial charge in [-0.1, -0.05) is 35.9 Å². The Morgan fingerprint density at radius 2 is 1.78 bits per heavy atom. The molecule has 2 amide bonds. The maximum absolute atomic E-state index is 13.1. The summed E-state index contributed by atoms with van der Waals surface area (Å²) in [4.78, 5) is 25.5. The topological polar surface area (TPSA) is 68.2 Å². The van der Waals surface area contributed by atoms with Crippen molar-refractivity contribution in [3.8, 4) is 11.5 Å². The monoisotopic (exact) mass is 454 g/mol. The minimum atomic E-state index is -0.324. The fraction of sp³-hybridized carbons (Fsp3) is 0.292. The second-order valence-corrected chi connectivity index (χ2v) is 8.59. The quantitative estimate of drug-likeness (QED) is 0.372. The summed E-state index contributed by atoms with van der Waals surface area (Å²) in [7, 11) is 1.48. The summed E-state index contributed by atoms with van der Waals surface area (Å²) in [5.74, 6) is -0.431. The van der Waals surface area contributed by atoms with Gasteiger partial charge in [-0.2, -0.15) is 10.1 Å². The first-order chi connectivity index (χ1) is 15.5. The maximum atomic E-state index is 13.1. The van der Waals surface area contributed by atoms with Gasteiger partial charge < -0.3 is 9.47 Å². The molecule has 164 valence electrons. The minimum Gasteiger partial charge on any atom is -0.493 e. The van der Waals surface area contributed by atoms with Crippen molar-refractivity contribution < 1.29 is 23.5 Å². The van der Waals surface area contributed by atoms with Gasteiger partial charge in [-0.15, -0.1) is 0 Å². The number of halogens is 2. The number of benzene rings is 2. The molecule has 0 radical (unpaired) electrons. The fourth-order valence-corrected chi connectivity index (χ4v) is 5.09. The van der Waals surface area contributed by atoms with Crippen LogP contribution in [0.3, 0.4) is 0 Å². The van der Waals surface area contributed by atoms with E-state index < -0.39 is 0 Å². The Morgan fingerprint density at radius 1 is 1.12 bits per heavy atom. The van der Waals surface area contributed by atoms with Gasteiger partial charge in [0.25, 0.3) is 11.8 Å². The van der Waals surface area contributed by atoms with Crippen LogP contribution in [0.4, 0.5) is 4.39 Å². The molecule has 8 heteroatoms. The van der Waals surface area contributed by atoms with Crippen LogP contribution in [0, 0.1) is 29.5 Å². The molecule has 6 nitrogen and oxygen atoms in total. The highest BCUT2D eigenvalue weighted by molar-refractivity contribution is 6.32. The third kappa shape index (κ3) is 3.46. The van der Waals surface area contributed by atoms with E-state index in [9.17, 15) is 14.0 Å². The number of carbonyl (C=O) groups is 2.